The number of benzene rings is 14. The van der Waals surface area contributed by atoms with Crippen LogP contribution in [0.5, 0.6) is 58.3 Å². The fourth-order valence-corrected chi connectivity index (χ4v) is 14.6. The lowest BCUT2D eigenvalue weighted by molar-refractivity contribution is 0.0312. The van der Waals surface area contributed by atoms with Gasteiger partial charge in [0.2, 0.25) is 0 Å². The molecule has 113 heavy (non-hydrogen) atoms. The van der Waals surface area contributed by atoms with Crippen molar-refractivity contribution < 1.29 is 54.0 Å². The van der Waals surface area contributed by atoms with E-state index in [0.717, 1.165) is 121 Å². The highest BCUT2D eigenvalue weighted by atomic mass is 16.5. The number of nitrogens with zero attached hydrogens (tertiary/aromatic N) is 9. The van der Waals surface area contributed by atoms with Crippen molar-refractivity contribution in [2.45, 2.75) is 84.8 Å². The maximum Gasteiger partial charge on any atom is 0.320 e. The number of rotatable bonds is 23. The second kappa shape index (κ2) is 33.3. The Morgan fingerprint density at radius 3 is 1.44 bits per heavy atom. The fourth-order valence-electron chi connectivity index (χ4n) is 14.6. The van der Waals surface area contributed by atoms with E-state index in [1.807, 2.05) is 72.8 Å². The number of fused-ring (bicyclic) bond motifs is 7. The Hall–Kier alpha value is -13.6. The molecule has 0 fully saturated rings. The van der Waals surface area contributed by atoms with Crippen LogP contribution in [0.15, 0.2) is 218 Å². The molecule has 0 saturated carbocycles. The van der Waals surface area contributed by atoms with Crippen LogP contribution in [0.3, 0.4) is 0 Å². The van der Waals surface area contributed by atoms with Gasteiger partial charge in [-0.25, -0.2) is 15.0 Å². The van der Waals surface area contributed by atoms with Crippen molar-refractivity contribution in [2.24, 2.45) is 0 Å². The lowest BCUT2D eigenvalue weighted by Gasteiger charge is -2.16. The number of phenolic OH excluding ortho intramolecular Hbond substituents is 5. The first kappa shape index (κ1) is 74.9. The zero-order chi connectivity index (χ0) is 78.2. The Labute approximate surface area is 652 Å². The van der Waals surface area contributed by atoms with E-state index in [-0.39, 0.29) is 75.7 Å². The summed E-state index contributed by atoms with van der Waals surface area (Å²) in [6.45, 7) is 7.53. The van der Waals surface area contributed by atoms with Crippen LogP contribution in [0, 0.1) is 0 Å². The number of aromatic nitrogens is 9. The minimum Gasteiger partial charge on any atom is -0.507 e. The second-order valence-electron chi connectivity index (χ2n) is 27.6. The molecule has 0 spiro atoms. The SMILES string of the molecule is CCCCCCOc1nc(-c2ccc(COC(CC)CCCC)cc2O)nc(-c2ccc3ccc4cccc5ccc2c3c45)n1.COc1cc(O)c(-c2nc(OC)nc(-c3cc4c5ccccc5ccc4c4ccccc34)n2)c(O)c1.COc1cc(O)c(-c2nc(OC)nc(-c3ccc4cc5ccccc5cc4c3)n2)c(O)c1. The molecule has 20 heteroatoms. The highest BCUT2D eigenvalue weighted by Crippen LogP contribution is 2.45. The van der Waals surface area contributed by atoms with Gasteiger partial charge in [0, 0.05) is 41.0 Å². The normalized spacial score (nSPS) is 11.7. The molecule has 17 aromatic rings. The Morgan fingerprint density at radius 2 is 0.805 bits per heavy atom. The smallest absolute Gasteiger partial charge is 0.320 e. The summed E-state index contributed by atoms with van der Waals surface area (Å²) in [6.07, 6.45) is 8.91. The monoisotopic (exact) mass is 1500 g/mol. The standard InChI is InChI=1S/C39H43N3O3.C29H21N3O4.C25H19N3O4/c1-4-7-9-10-23-44-39-41-37(32-22-19-29-17-16-27-12-11-13-28-18-21-31(32)36(29)35(27)28)40-38(42-39)33-20-15-26(24-34(33)43)25-45-30(6-3)14-8-5-2;1-35-17-13-24(33)26(25(34)14-17)28-30-27(31-29(32-28)36-2)23-15-22-18-8-4-3-7-16(18)11-12-21(22)19-9-5-6-10-20(19)23;1-31-19-12-20(29)22(21(30)13-19)24-26-23(27-25(28-24)32-2)17-8-7-16-9-14-5-3-4-6-15(14)10-18(16)11-17/h11-13,15-22,24,30,43H,4-10,14,23,25H2,1-3H3;3-15,33-34H,1-2H3;3-13,29-30H,1-2H3. The fraction of sp³-hybridized carbons (Fsp3) is 0.194. The molecule has 0 amide bonds. The maximum absolute atomic E-state index is 11.2. The molecule has 20 nitrogen and oxygen atoms in total. The molecule has 3 heterocycles. The molecular weight excluding hydrogens is 1420 g/mol. The second-order valence-corrected chi connectivity index (χ2v) is 27.6. The van der Waals surface area contributed by atoms with Crippen molar-refractivity contribution >= 4 is 86.2 Å². The summed E-state index contributed by atoms with van der Waals surface area (Å²) in [5, 5.41) is 71.4. The molecule has 0 radical (unpaired) electrons. The lowest BCUT2D eigenvalue weighted by Crippen LogP contribution is -2.11. The van der Waals surface area contributed by atoms with E-state index in [1.165, 1.54) is 91.4 Å². The van der Waals surface area contributed by atoms with Crippen LogP contribution in [0.4, 0.5) is 0 Å². The zero-order valence-corrected chi connectivity index (χ0v) is 63.6. The highest BCUT2D eigenvalue weighted by Gasteiger charge is 2.25. The van der Waals surface area contributed by atoms with Crippen LogP contribution in [0.2, 0.25) is 0 Å². The molecule has 1 unspecified atom stereocenters. The molecule has 0 saturated heterocycles. The van der Waals surface area contributed by atoms with Crippen LogP contribution in [-0.2, 0) is 11.3 Å². The van der Waals surface area contributed by atoms with Crippen LogP contribution in [0.25, 0.3) is 155 Å². The molecule has 14 aromatic carbocycles. The van der Waals surface area contributed by atoms with Gasteiger partial charge in [-0.1, -0.05) is 205 Å². The van der Waals surface area contributed by atoms with Crippen LogP contribution < -0.4 is 23.7 Å². The summed E-state index contributed by atoms with van der Waals surface area (Å²) in [5.41, 5.74) is 4.02. The molecule has 5 N–H and O–H groups in total. The lowest BCUT2D eigenvalue weighted by atomic mass is 9.92. The largest absolute Gasteiger partial charge is 0.507 e. The van der Waals surface area contributed by atoms with E-state index in [2.05, 4.69) is 171 Å². The van der Waals surface area contributed by atoms with Gasteiger partial charge in [0.05, 0.1) is 53.3 Å². The minimum absolute atomic E-state index is 0.0618. The van der Waals surface area contributed by atoms with Gasteiger partial charge in [-0.3, -0.25) is 0 Å². The van der Waals surface area contributed by atoms with E-state index in [9.17, 15) is 25.5 Å². The Bertz CT molecular complexity index is 6320. The molecular formula is C93H83N9O11. The number of aromatic hydroxyl groups is 5. The average molecular weight is 1500 g/mol. The van der Waals surface area contributed by atoms with E-state index in [1.54, 1.807) is 6.07 Å². The summed E-state index contributed by atoms with van der Waals surface area (Å²) in [5.74, 6) is 1.64. The van der Waals surface area contributed by atoms with Crippen LogP contribution in [0.1, 0.15) is 77.7 Å². The van der Waals surface area contributed by atoms with Crippen molar-refractivity contribution in [3.63, 3.8) is 0 Å². The van der Waals surface area contributed by atoms with E-state index < -0.39 is 0 Å². The van der Waals surface area contributed by atoms with Crippen molar-refractivity contribution in [2.75, 3.05) is 35.0 Å². The van der Waals surface area contributed by atoms with E-state index in [4.69, 9.17) is 38.4 Å². The van der Waals surface area contributed by atoms with Gasteiger partial charge in [0.25, 0.3) is 0 Å². The molecule has 566 valence electrons. The first-order valence-corrected chi connectivity index (χ1v) is 37.8. The van der Waals surface area contributed by atoms with E-state index >= 15 is 0 Å². The molecule has 17 rings (SSSR count). The highest BCUT2D eigenvalue weighted by molar-refractivity contribution is 6.25. The Morgan fingerprint density at radius 1 is 0.319 bits per heavy atom. The number of hydrogen-bond donors (Lipinski definition) is 5. The van der Waals surface area contributed by atoms with Crippen LogP contribution in [-0.4, -0.2) is 112 Å². The quantitative estimate of drug-likeness (QED) is 0.0226. The number of ether oxygens (including phenoxy) is 6. The van der Waals surface area contributed by atoms with Crippen LogP contribution >= 0.6 is 0 Å². The van der Waals surface area contributed by atoms with Crippen molar-refractivity contribution in [1.82, 2.24) is 44.9 Å². The summed E-state index contributed by atoms with van der Waals surface area (Å²) in [6, 6.07) is 71.9. The van der Waals surface area contributed by atoms with Gasteiger partial charge in [0.1, 0.15) is 51.4 Å². The van der Waals surface area contributed by atoms with Gasteiger partial charge >= 0.3 is 18.0 Å². The average Bonchev–Trinajstić information content (AvgIpc) is 0.739. The third-order valence-corrected chi connectivity index (χ3v) is 20.4. The molecule has 0 aliphatic carbocycles. The van der Waals surface area contributed by atoms with Crippen molar-refractivity contribution in [3.05, 3.63) is 224 Å². The third-order valence-electron chi connectivity index (χ3n) is 20.4. The summed E-state index contributed by atoms with van der Waals surface area (Å²) in [4.78, 5) is 41.1. The topological polar surface area (TPSA) is 273 Å². The third kappa shape index (κ3) is 15.7. The summed E-state index contributed by atoms with van der Waals surface area (Å²) >= 11 is 0. The van der Waals surface area contributed by atoms with Gasteiger partial charge in [-0.15, -0.1) is 0 Å². The molecule has 0 bridgehead atoms. The van der Waals surface area contributed by atoms with Gasteiger partial charge in [-0.05, 0) is 153 Å². The number of hydrogen-bond acceptors (Lipinski definition) is 20. The molecule has 0 aliphatic heterocycles. The first-order chi connectivity index (χ1) is 55.2. The molecule has 3 aromatic heterocycles. The number of methoxy groups -OCH3 is 4. The summed E-state index contributed by atoms with van der Waals surface area (Å²) < 4.78 is 33.1. The number of phenols is 5. The first-order valence-electron chi connectivity index (χ1n) is 37.8. The molecule has 0 aliphatic rings. The summed E-state index contributed by atoms with van der Waals surface area (Å²) in [7, 11) is 5.80. The van der Waals surface area contributed by atoms with Crippen molar-refractivity contribution in [3.8, 4) is 127 Å². The minimum atomic E-state index is -0.222. The van der Waals surface area contributed by atoms with Crippen molar-refractivity contribution in [1.29, 1.82) is 0 Å². The Kier molecular flexibility index (Phi) is 22.1. The predicted molar refractivity (Wildman–Crippen MR) is 446 cm³/mol. The van der Waals surface area contributed by atoms with E-state index in [0.29, 0.717) is 53.6 Å². The zero-order valence-electron chi connectivity index (χ0n) is 63.6. The molecule has 1 atom stereocenters. The maximum atomic E-state index is 11.2. The van der Waals surface area contributed by atoms with Gasteiger partial charge < -0.3 is 54.0 Å². The predicted octanol–water partition coefficient (Wildman–Crippen LogP) is 21.3. The van der Waals surface area contributed by atoms with Gasteiger partial charge in [-0.2, -0.15) is 29.9 Å². The Balaban J connectivity index is 0.000000136. The van der Waals surface area contributed by atoms with Gasteiger partial charge in [0.15, 0.2) is 34.9 Å². The number of unbranched alkanes of at least 4 members (excludes halogenated alkanes) is 4.